The Morgan fingerprint density at radius 1 is 0.548 bits per heavy atom. The number of nitrogens with one attached hydrogen (secondary N) is 4. The monoisotopic (exact) mass is 554 g/mol. The highest BCUT2D eigenvalue weighted by molar-refractivity contribution is 5.84. The van der Waals surface area contributed by atoms with Gasteiger partial charge >= 0.3 is 0 Å². The predicted molar refractivity (Wildman–Crippen MR) is 171 cm³/mol. The van der Waals surface area contributed by atoms with Crippen molar-refractivity contribution in [3.63, 3.8) is 0 Å². The van der Waals surface area contributed by atoms with Crippen molar-refractivity contribution >= 4 is 21.8 Å². The van der Waals surface area contributed by atoms with Gasteiger partial charge in [0.2, 0.25) is 0 Å². The molecule has 8 atom stereocenters. The highest BCUT2D eigenvalue weighted by atomic mass is 15.0. The minimum absolute atomic E-state index is 0.565. The smallest absolute Gasteiger partial charge is 0.0456 e. The van der Waals surface area contributed by atoms with Crippen molar-refractivity contribution in [2.45, 2.75) is 75.5 Å². The molecule has 4 N–H and O–H groups in total. The molecule has 4 heteroatoms. The van der Waals surface area contributed by atoms with Gasteiger partial charge in [-0.05, 0) is 96.6 Å². The van der Waals surface area contributed by atoms with Crippen LogP contribution in [0.1, 0.15) is 72.6 Å². The van der Waals surface area contributed by atoms with Crippen molar-refractivity contribution in [3.05, 3.63) is 107 Å². The Balaban J connectivity index is 0.902. The van der Waals surface area contributed by atoms with Crippen LogP contribution in [0.5, 0.6) is 0 Å². The molecule has 42 heavy (non-hydrogen) atoms. The van der Waals surface area contributed by atoms with Crippen molar-refractivity contribution in [3.8, 4) is 0 Å². The van der Waals surface area contributed by atoms with Gasteiger partial charge in [-0.15, -0.1) is 0 Å². The summed E-state index contributed by atoms with van der Waals surface area (Å²) in [6, 6.07) is 28.2. The van der Waals surface area contributed by atoms with E-state index < -0.39 is 0 Å². The molecule has 4 bridgehead atoms. The highest BCUT2D eigenvalue weighted by Gasteiger charge is 2.49. The molecule has 214 valence electrons. The van der Waals surface area contributed by atoms with Crippen molar-refractivity contribution in [1.29, 1.82) is 0 Å². The zero-order valence-corrected chi connectivity index (χ0v) is 24.4. The second-order valence-corrected chi connectivity index (χ2v) is 13.9. The van der Waals surface area contributed by atoms with Crippen LogP contribution in [-0.4, -0.2) is 22.1 Å². The summed E-state index contributed by atoms with van der Waals surface area (Å²) in [7, 11) is 0. The lowest BCUT2D eigenvalue weighted by Gasteiger charge is -2.32. The van der Waals surface area contributed by atoms with Gasteiger partial charge in [0.05, 0.1) is 0 Å². The first kappa shape index (κ1) is 25.2. The molecule has 4 saturated carbocycles. The summed E-state index contributed by atoms with van der Waals surface area (Å²) in [5.74, 6) is 4.46. The van der Waals surface area contributed by atoms with Crippen LogP contribution in [0, 0.1) is 23.7 Å². The molecule has 4 aliphatic rings. The Morgan fingerprint density at radius 3 is 1.55 bits per heavy atom. The summed E-state index contributed by atoms with van der Waals surface area (Å²) in [4.78, 5) is 7.11. The molecular formula is C38H42N4. The van der Waals surface area contributed by atoms with Crippen molar-refractivity contribution in [1.82, 2.24) is 20.6 Å². The van der Waals surface area contributed by atoms with Gasteiger partial charge in [0, 0.05) is 71.2 Å². The number of fused-ring (bicyclic) bond motifs is 6. The maximum atomic E-state index is 4.08. The molecule has 0 saturated heterocycles. The first-order chi connectivity index (χ1) is 20.8. The Morgan fingerprint density at radius 2 is 1.02 bits per heavy atom. The van der Waals surface area contributed by atoms with Crippen LogP contribution in [0.15, 0.2) is 85.2 Å². The van der Waals surface area contributed by atoms with E-state index in [-0.39, 0.29) is 0 Å². The van der Waals surface area contributed by atoms with Crippen LogP contribution in [0.25, 0.3) is 21.8 Å². The van der Waals surface area contributed by atoms with Gasteiger partial charge in [-0.2, -0.15) is 0 Å². The molecule has 4 fully saturated rings. The van der Waals surface area contributed by atoms with E-state index in [1.54, 1.807) is 0 Å². The highest BCUT2D eigenvalue weighted by Crippen LogP contribution is 2.55. The Labute approximate surface area is 248 Å². The van der Waals surface area contributed by atoms with Gasteiger partial charge in [-0.25, -0.2) is 0 Å². The van der Waals surface area contributed by atoms with Gasteiger partial charge in [-0.3, -0.25) is 0 Å². The fraction of sp³-hybridized carbons (Fsp3) is 0.421. The third-order valence-electron chi connectivity index (χ3n) is 11.9. The summed E-state index contributed by atoms with van der Waals surface area (Å²) < 4.78 is 0. The number of rotatable bonds is 8. The number of aromatic nitrogens is 2. The molecule has 3 aromatic carbocycles. The zero-order valence-electron chi connectivity index (χ0n) is 24.4. The standard InChI is InChI=1S/C38H42N4/c1-3-10-33-29(8-1)31(21-39-33)35-25-12-14-27(17-25)37(35)41-19-23-6-5-7-24(16-23)20-42-38-28-15-13-26(18-28)36(38)32-22-40-34-11-4-2-9-30(32)34/h1-11,16,21-22,25-28,35-42H,12-15,17-20H2/t25-,26+,27+,28-,35+,36-,37-,38+. The van der Waals surface area contributed by atoms with E-state index in [0.717, 1.165) is 36.8 Å². The maximum Gasteiger partial charge on any atom is 0.0456 e. The van der Waals surface area contributed by atoms with E-state index in [2.05, 4.69) is 106 Å². The third kappa shape index (κ3) is 4.10. The zero-order chi connectivity index (χ0) is 27.6. The summed E-state index contributed by atoms with van der Waals surface area (Å²) in [6.45, 7) is 1.90. The van der Waals surface area contributed by atoms with Gasteiger partial charge < -0.3 is 20.6 Å². The molecule has 0 amide bonds. The molecule has 0 radical (unpaired) electrons. The molecule has 2 aromatic heterocycles. The summed E-state index contributed by atoms with van der Waals surface area (Å²) in [5.41, 5.74) is 8.44. The van der Waals surface area contributed by atoms with Crippen LogP contribution in [0.4, 0.5) is 0 Å². The van der Waals surface area contributed by atoms with E-state index in [9.17, 15) is 0 Å². The number of hydrogen-bond acceptors (Lipinski definition) is 2. The van der Waals surface area contributed by atoms with E-state index in [1.165, 1.54) is 82.6 Å². The second-order valence-electron chi connectivity index (χ2n) is 13.9. The average Bonchev–Trinajstić information content (AvgIpc) is 3.88. The topological polar surface area (TPSA) is 55.6 Å². The molecule has 0 unspecified atom stereocenters. The van der Waals surface area contributed by atoms with Crippen LogP contribution in [0.2, 0.25) is 0 Å². The first-order valence-corrected chi connectivity index (χ1v) is 16.5. The van der Waals surface area contributed by atoms with E-state index in [4.69, 9.17) is 0 Å². The quantitative estimate of drug-likeness (QED) is 0.157. The number of benzene rings is 3. The van der Waals surface area contributed by atoms with E-state index >= 15 is 0 Å². The Kier molecular flexibility index (Phi) is 6.08. The fourth-order valence-corrected chi connectivity index (χ4v) is 10.1. The number of para-hydroxylation sites is 2. The van der Waals surface area contributed by atoms with Crippen LogP contribution in [-0.2, 0) is 13.1 Å². The van der Waals surface area contributed by atoms with Gasteiger partial charge in [0.15, 0.2) is 0 Å². The predicted octanol–water partition coefficient (Wildman–Crippen LogP) is 7.99. The molecule has 5 aromatic rings. The summed E-state index contributed by atoms with van der Waals surface area (Å²) >= 11 is 0. The summed E-state index contributed by atoms with van der Waals surface area (Å²) in [6.07, 6.45) is 12.9. The lowest BCUT2D eigenvalue weighted by molar-refractivity contribution is 0.309. The molecule has 9 rings (SSSR count). The minimum Gasteiger partial charge on any atom is -0.361 e. The third-order valence-corrected chi connectivity index (χ3v) is 11.9. The largest absolute Gasteiger partial charge is 0.361 e. The molecule has 4 nitrogen and oxygen atoms in total. The fourth-order valence-electron chi connectivity index (χ4n) is 10.1. The number of hydrogen-bond donors (Lipinski definition) is 4. The number of aromatic amines is 2. The Hall–Kier alpha value is -3.34. The van der Waals surface area contributed by atoms with Crippen molar-refractivity contribution < 1.29 is 0 Å². The molecule has 0 aliphatic heterocycles. The van der Waals surface area contributed by atoms with E-state index in [0.29, 0.717) is 23.9 Å². The van der Waals surface area contributed by atoms with Gasteiger partial charge in [0.1, 0.15) is 0 Å². The SMILES string of the molecule is c1cc(CN[C@@H]2[C@H]3CC[C@H](C3)[C@H]2c2c[nH]c3ccccc23)cc(CN[C@H]2[C@@H]3CC[C@@H](C3)[C@@H]2c2c[nH]c3ccccc23)c1. The van der Waals surface area contributed by atoms with Crippen molar-refractivity contribution in [2.24, 2.45) is 23.7 Å². The second kappa shape index (κ2) is 10.1. The van der Waals surface area contributed by atoms with E-state index in [1.807, 2.05) is 0 Å². The lowest BCUT2D eigenvalue weighted by Crippen LogP contribution is -2.39. The molecule has 4 aliphatic carbocycles. The summed E-state index contributed by atoms with van der Waals surface area (Å²) in [5, 5.41) is 11.0. The van der Waals surface area contributed by atoms with Crippen LogP contribution < -0.4 is 10.6 Å². The first-order valence-electron chi connectivity index (χ1n) is 16.5. The van der Waals surface area contributed by atoms with Crippen LogP contribution >= 0.6 is 0 Å². The number of H-pyrrole nitrogens is 2. The lowest BCUT2D eigenvalue weighted by atomic mass is 9.79. The van der Waals surface area contributed by atoms with Gasteiger partial charge in [0.25, 0.3) is 0 Å². The van der Waals surface area contributed by atoms with Crippen LogP contribution in [0.3, 0.4) is 0 Å². The Bertz CT molecular complexity index is 1610. The normalized spacial score (nSPS) is 31.6. The van der Waals surface area contributed by atoms with Crippen molar-refractivity contribution in [2.75, 3.05) is 0 Å². The molecule has 0 spiro atoms. The molecular weight excluding hydrogens is 512 g/mol. The van der Waals surface area contributed by atoms with Gasteiger partial charge in [-0.1, -0.05) is 60.7 Å². The maximum absolute atomic E-state index is 4.08. The minimum atomic E-state index is 0.565. The average molecular weight is 555 g/mol. The molecule has 2 heterocycles.